The summed E-state index contributed by atoms with van der Waals surface area (Å²) in [5.74, 6) is -2.53. The molecule has 4 rings (SSSR count). The lowest BCUT2D eigenvalue weighted by Gasteiger charge is -2.38. The Bertz CT molecular complexity index is 1200. The average Bonchev–Trinajstić information content (AvgIpc) is 2.97. The van der Waals surface area contributed by atoms with Crippen molar-refractivity contribution in [2.24, 2.45) is 0 Å². The molecule has 200 valence electrons. The van der Waals surface area contributed by atoms with Crippen molar-refractivity contribution >= 4 is 23.4 Å². The van der Waals surface area contributed by atoms with Crippen LogP contribution in [0.2, 0.25) is 0 Å². The zero-order chi connectivity index (χ0) is 27.5. The van der Waals surface area contributed by atoms with E-state index >= 15 is 0 Å². The molecule has 8 heteroatoms. The Morgan fingerprint density at radius 1 is 0.789 bits per heavy atom. The summed E-state index contributed by atoms with van der Waals surface area (Å²) in [4.78, 5) is 36.7. The Balaban J connectivity index is 0.000000599. The first-order chi connectivity index (χ1) is 18.3. The van der Waals surface area contributed by atoms with Gasteiger partial charge in [0, 0.05) is 31.7 Å². The standard InChI is InChI=1S/C28H32N2O2.C2H2O4/c1-28(24-13-7-4-8-14-24,27(31)23-11-5-3-6-12-23)17-18-29-19-21-30(22-20-29)25-15-9-10-16-26(25)32-2;3-1(4)2(5)6/h3-16H,17-22H2,1-2H3;(H,3,4)(H,5,6). The molecule has 0 spiro atoms. The number of carbonyl (C=O) groups is 3. The van der Waals surface area contributed by atoms with Crippen LogP contribution in [0.25, 0.3) is 0 Å². The minimum Gasteiger partial charge on any atom is -0.495 e. The lowest BCUT2D eigenvalue weighted by Crippen LogP contribution is -2.48. The minimum atomic E-state index is -1.82. The van der Waals surface area contributed by atoms with E-state index in [1.807, 2.05) is 60.7 Å². The van der Waals surface area contributed by atoms with Gasteiger partial charge in [0.1, 0.15) is 5.75 Å². The molecule has 1 fully saturated rings. The third kappa shape index (κ3) is 7.20. The highest BCUT2D eigenvalue weighted by molar-refractivity contribution is 6.27. The van der Waals surface area contributed by atoms with Crippen molar-refractivity contribution in [3.8, 4) is 5.75 Å². The van der Waals surface area contributed by atoms with Crippen molar-refractivity contribution in [3.63, 3.8) is 0 Å². The number of hydrogen-bond acceptors (Lipinski definition) is 6. The molecular weight excluding hydrogens is 484 g/mol. The number of para-hydroxylation sites is 2. The summed E-state index contributed by atoms with van der Waals surface area (Å²) < 4.78 is 5.54. The molecular formula is C30H34N2O6. The molecule has 0 bridgehead atoms. The Morgan fingerprint density at radius 3 is 1.87 bits per heavy atom. The largest absolute Gasteiger partial charge is 0.495 e. The molecule has 0 aromatic heterocycles. The number of piperazine rings is 1. The van der Waals surface area contributed by atoms with Crippen molar-refractivity contribution in [3.05, 3.63) is 96.1 Å². The molecule has 1 atom stereocenters. The highest BCUT2D eigenvalue weighted by atomic mass is 16.5. The molecule has 0 saturated carbocycles. The fraction of sp³-hybridized carbons (Fsp3) is 0.300. The van der Waals surface area contributed by atoms with Gasteiger partial charge in [-0.25, -0.2) is 9.59 Å². The summed E-state index contributed by atoms with van der Waals surface area (Å²) >= 11 is 0. The number of rotatable bonds is 8. The van der Waals surface area contributed by atoms with Crippen LogP contribution >= 0.6 is 0 Å². The summed E-state index contributed by atoms with van der Waals surface area (Å²) in [6.07, 6.45) is 0.791. The second kappa shape index (κ2) is 13.4. The molecule has 0 amide bonds. The van der Waals surface area contributed by atoms with Gasteiger partial charge in [0.05, 0.1) is 18.2 Å². The number of carboxylic acid groups (broad SMARTS) is 2. The highest BCUT2D eigenvalue weighted by Crippen LogP contribution is 2.33. The molecule has 1 saturated heterocycles. The summed E-state index contributed by atoms with van der Waals surface area (Å²) in [6.45, 7) is 6.85. The van der Waals surface area contributed by atoms with E-state index in [0.717, 1.165) is 61.7 Å². The third-order valence-corrected chi connectivity index (χ3v) is 6.86. The summed E-state index contributed by atoms with van der Waals surface area (Å²) in [5, 5.41) is 14.8. The zero-order valence-corrected chi connectivity index (χ0v) is 21.7. The zero-order valence-electron chi connectivity index (χ0n) is 21.7. The summed E-state index contributed by atoms with van der Waals surface area (Å²) in [5.41, 5.74) is 2.46. The van der Waals surface area contributed by atoms with Gasteiger partial charge < -0.3 is 19.8 Å². The first kappa shape index (κ1) is 28.4. The van der Waals surface area contributed by atoms with Crippen LogP contribution in [0.4, 0.5) is 5.69 Å². The number of carboxylic acids is 2. The fourth-order valence-electron chi connectivity index (χ4n) is 4.59. The van der Waals surface area contributed by atoms with Gasteiger partial charge in [0.15, 0.2) is 5.78 Å². The fourth-order valence-corrected chi connectivity index (χ4v) is 4.59. The monoisotopic (exact) mass is 518 g/mol. The van der Waals surface area contributed by atoms with E-state index in [0.29, 0.717) is 0 Å². The second-order valence-corrected chi connectivity index (χ2v) is 9.25. The molecule has 1 aliphatic rings. The number of carbonyl (C=O) groups excluding carboxylic acids is 1. The molecule has 0 radical (unpaired) electrons. The van der Waals surface area contributed by atoms with E-state index in [1.165, 1.54) is 0 Å². The molecule has 1 aliphatic heterocycles. The van der Waals surface area contributed by atoms with Crippen LogP contribution in [0, 0.1) is 0 Å². The van der Waals surface area contributed by atoms with Crippen molar-refractivity contribution in [1.82, 2.24) is 4.90 Å². The van der Waals surface area contributed by atoms with E-state index < -0.39 is 17.4 Å². The number of benzene rings is 3. The molecule has 0 aliphatic carbocycles. The van der Waals surface area contributed by atoms with Crippen molar-refractivity contribution in [2.75, 3.05) is 44.7 Å². The maximum Gasteiger partial charge on any atom is 0.414 e. The average molecular weight is 519 g/mol. The number of hydrogen-bond donors (Lipinski definition) is 2. The first-order valence-corrected chi connectivity index (χ1v) is 12.5. The normalized spacial score (nSPS) is 14.9. The van der Waals surface area contributed by atoms with Crippen molar-refractivity contribution in [1.29, 1.82) is 0 Å². The van der Waals surface area contributed by atoms with E-state index in [2.05, 4.69) is 41.0 Å². The third-order valence-electron chi connectivity index (χ3n) is 6.86. The number of aliphatic carboxylic acids is 2. The SMILES string of the molecule is COc1ccccc1N1CCN(CCC(C)(C(=O)c2ccccc2)c2ccccc2)CC1.O=C(O)C(=O)O. The van der Waals surface area contributed by atoms with E-state index in [1.54, 1.807) is 7.11 Å². The second-order valence-electron chi connectivity index (χ2n) is 9.25. The van der Waals surface area contributed by atoms with Crippen LogP contribution in [0.15, 0.2) is 84.9 Å². The topological polar surface area (TPSA) is 107 Å². The summed E-state index contributed by atoms with van der Waals surface area (Å²) in [6, 6.07) is 28.1. The van der Waals surface area contributed by atoms with Crippen LogP contribution in [0.5, 0.6) is 5.75 Å². The Hall–Kier alpha value is -4.17. The number of methoxy groups -OCH3 is 1. The number of anilines is 1. The van der Waals surface area contributed by atoms with Gasteiger partial charge in [-0.2, -0.15) is 0 Å². The van der Waals surface area contributed by atoms with E-state index in [9.17, 15) is 4.79 Å². The molecule has 8 nitrogen and oxygen atoms in total. The van der Waals surface area contributed by atoms with Crippen LogP contribution in [-0.2, 0) is 15.0 Å². The highest BCUT2D eigenvalue weighted by Gasteiger charge is 2.36. The lowest BCUT2D eigenvalue weighted by molar-refractivity contribution is -0.159. The Labute approximate surface area is 223 Å². The molecule has 3 aromatic rings. The van der Waals surface area contributed by atoms with Crippen LogP contribution in [-0.4, -0.2) is 72.7 Å². The maximum atomic E-state index is 13.6. The van der Waals surface area contributed by atoms with Gasteiger partial charge in [-0.05, 0) is 37.6 Å². The van der Waals surface area contributed by atoms with Gasteiger partial charge in [-0.3, -0.25) is 9.69 Å². The lowest BCUT2D eigenvalue weighted by atomic mass is 9.73. The first-order valence-electron chi connectivity index (χ1n) is 12.5. The number of nitrogens with zero attached hydrogens (tertiary/aromatic N) is 2. The van der Waals surface area contributed by atoms with Crippen LogP contribution in [0.3, 0.4) is 0 Å². The van der Waals surface area contributed by atoms with Crippen LogP contribution in [0.1, 0.15) is 29.3 Å². The van der Waals surface area contributed by atoms with Gasteiger partial charge in [0.2, 0.25) is 0 Å². The molecule has 38 heavy (non-hydrogen) atoms. The van der Waals surface area contributed by atoms with Gasteiger partial charge >= 0.3 is 11.9 Å². The molecule has 2 N–H and O–H groups in total. The molecule has 1 heterocycles. The van der Waals surface area contributed by atoms with Crippen LogP contribution < -0.4 is 9.64 Å². The molecule has 3 aromatic carbocycles. The van der Waals surface area contributed by atoms with Crippen molar-refractivity contribution < 1.29 is 29.3 Å². The number of Topliss-reactive ketones (excluding diaryl/α,β-unsaturated/α-hetero) is 1. The van der Waals surface area contributed by atoms with Gasteiger partial charge in [-0.15, -0.1) is 0 Å². The predicted octanol–water partition coefficient (Wildman–Crippen LogP) is 4.20. The van der Waals surface area contributed by atoms with E-state index in [-0.39, 0.29) is 5.78 Å². The quantitative estimate of drug-likeness (QED) is 0.338. The van der Waals surface area contributed by atoms with E-state index in [4.69, 9.17) is 24.5 Å². The van der Waals surface area contributed by atoms with Crippen molar-refractivity contribution in [2.45, 2.75) is 18.8 Å². The maximum absolute atomic E-state index is 13.6. The molecule has 1 unspecified atom stereocenters. The number of ether oxygens (including phenoxy) is 1. The summed E-state index contributed by atoms with van der Waals surface area (Å²) in [7, 11) is 1.73. The smallest absolute Gasteiger partial charge is 0.414 e. The van der Waals surface area contributed by atoms with Gasteiger partial charge in [0.25, 0.3) is 0 Å². The Kier molecular flexibility index (Phi) is 10.0. The van der Waals surface area contributed by atoms with Gasteiger partial charge in [-0.1, -0.05) is 72.8 Å². The number of ketones is 1. The minimum absolute atomic E-state index is 0.192. The predicted molar refractivity (Wildman–Crippen MR) is 146 cm³/mol. The Morgan fingerprint density at radius 2 is 1.32 bits per heavy atom.